The van der Waals surface area contributed by atoms with E-state index in [-0.39, 0.29) is 36.6 Å². The van der Waals surface area contributed by atoms with Crippen LogP contribution in [0, 0.1) is 5.92 Å². The van der Waals surface area contributed by atoms with Gasteiger partial charge in [0.2, 0.25) is 5.91 Å². The molecule has 6 nitrogen and oxygen atoms in total. The van der Waals surface area contributed by atoms with Gasteiger partial charge < -0.3 is 11.5 Å². The number of azide groups is 1. The fourth-order valence-electron chi connectivity index (χ4n) is 1.25. The summed E-state index contributed by atoms with van der Waals surface area (Å²) in [6.07, 6.45) is 3.00. The van der Waals surface area contributed by atoms with Crippen molar-refractivity contribution in [2.45, 2.75) is 25.7 Å². The van der Waals surface area contributed by atoms with Crippen molar-refractivity contribution in [3.05, 3.63) is 10.4 Å². The summed E-state index contributed by atoms with van der Waals surface area (Å²) in [5.74, 6) is -0.426. The van der Waals surface area contributed by atoms with Gasteiger partial charge in [0, 0.05) is 17.4 Å². The van der Waals surface area contributed by atoms with E-state index in [2.05, 4.69) is 10.0 Å². The van der Waals surface area contributed by atoms with Gasteiger partial charge in [-0.1, -0.05) is 11.5 Å². The van der Waals surface area contributed by atoms with E-state index in [1.165, 1.54) is 0 Å². The molecule has 0 spiro atoms. The molecule has 1 atom stereocenters. The summed E-state index contributed by atoms with van der Waals surface area (Å²) < 4.78 is 0. The molecule has 0 aromatic carbocycles. The Morgan fingerprint density at radius 2 is 1.94 bits per heavy atom. The molecule has 0 bridgehead atoms. The van der Waals surface area contributed by atoms with E-state index in [0.717, 1.165) is 19.3 Å². The second-order valence-corrected chi connectivity index (χ2v) is 3.13. The highest BCUT2D eigenvalue weighted by atomic mass is 35.5. The highest BCUT2D eigenvalue weighted by Gasteiger charge is 2.12. The zero-order valence-electron chi connectivity index (χ0n) is 9.04. The van der Waals surface area contributed by atoms with Crippen LogP contribution in [0.3, 0.4) is 0 Å². The second-order valence-electron chi connectivity index (χ2n) is 3.13. The third kappa shape index (κ3) is 11.4. The molecule has 96 valence electrons. The number of carbonyl (C=O) groups is 1. The van der Waals surface area contributed by atoms with Crippen molar-refractivity contribution in [3.8, 4) is 0 Å². The van der Waals surface area contributed by atoms with Gasteiger partial charge in [-0.15, -0.1) is 24.8 Å². The normalized spacial score (nSPS) is 10.3. The van der Waals surface area contributed by atoms with Crippen LogP contribution in [0.5, 0.6) is 0 Å². The van der Waals surface area contributed by atoms with Gasteiger partial charge in [-0.2, -0.15) is 0 Å². The third-order valence-corrected chi connectivity index (χ3v) is 2.04. The van der Waals surface area contributed by atoms with Crippen molar-refractivity contribution in [3.63, 3.8) is 0 Å². The first-order chi connectivity index (χ1) is 6.72. The van der Waals surface area contributed by atoms with E-state index in [0.29, 0.717) is 19.5 Å². The van der Waals surface area contributed by atoms with Crippen LogP contribution in [0.15, 0.2) is 5.11 Å². The SMILES string of the molecule is Cl.Cl.[N-]=[N+]=NCCCCC(CCN)C(N)=O. The molecule has 0 aliphatic carbocycles. The van der Waals surface area contributed by atoms with E-state index >= 15 is 0 Å². The van der Waals surface area contributed by atoms with Gasteiger partial charge in [-0.25, -0.2) is 0 Å². The predicted octanol–water partition coefficient (Wildman–Crippen LogP) is 1.76. The van der Waals surface area contributed by atoms with Crippen LogP contribution in [-0.4, -0.2) is 19.0 Å². The Morgan fingerprint density at radius 1 is 1.31 bits per heavy atom. The van der Waals surface area contributed by atoms with Crippen molar-refractivity contribution in [1.82, 2.24) is 0 Å². The van der Waals surface area contributed by atoms with E-state index in [4.69, 9.17) is 17.0 Å². The molecule has 0 aliphatic rings. The zero-order valence-corrected chi connectivity index (χ0v) is 10.7. The Hall–Kier alpha value is -0.680. The molecular formula is C8H19Cl2N5O. The molecule has 0 heterocycles. The van der Waals surface area contributed by atoms with E-state index in [1.807, 2.05) is 0 Å². The van der Waals surface area contributed by atoms with Gasteiger partial charge in [-0.05, 0) is 31.3 Å². The van der Waals surface area contributed by atoms with E-state index in [1.54, 1.807) is 0 Å². The molecule has 1 amide bonds. The molecule has 0 saturated carbocycles. The standard InChI is InChI=1S/C8H17N5O.2ClH/c9-5-4-7(8(10)14)3-1-2-6-12-13-11;;/h7H,1-6,9H2,(H2,10,14);2*1H. The molecule has 0 aliphatic heterocycles. The minimum Gasteiger partial charge on any atom is -0.369 e. The zero-order chi connectivity index (χ0) is 10.8. The van der Waals surface area contributed by atoms with Gasteiger partial charge in [0.25, 0.3) is 0 Å². The van der Waals surface area contributed by atoms with Crippen molar-refractivity contribution in [2.75, 3.05) is 13.1 Å². The summed E-state index contributed by atoms with van der Waals surface area (Å²) in [7, 11) is 0. The van der Waals surface area contributed by atoms with Crippen LogP contribution in [0.1, 0.15) is 25.7 Å². The quantitative estimate of drug-likeness (QED) is 0.303. The van der Waals surface area contributed by atoms with Crippen molar-refractivity contribution in [1.29, 1.82) is 0 Å². The molecule has 8 heteroatoms. The number of primary amides is 1. The van der Waals surface area contributed by atoms with E-state index in [9.17, 15) is 4.79 Å². The summed E-state index contributed by atoms with van der Waals surface area (Å²) in [6.45, 7) is 0.953. The maximum absolute atomic E-state index is 10.9. The number of carbonyl (C=O) groups excluding carboxylic acids is 1. The number of hydrogen-bond donors (Lipinski definition) is 2. The number of nitrogens with two attached hydrogens (primary N) is 2. The van der Waals surface area contributed by atoms with E-state index < -0.39 is 0 Å². The number of rotatable bonds is 8. The Labute approximate surface area is 108 Å². The average Bonchev–Trinajstić information content (AvgIpc) is 2.15. The second kappa shape index (κ2) is 14.3. The Kier molecular flexibility index (Phi) is 18.5. The topological polar surface area (TPSA) is 118 Å². The maximum atomic E-state index is 10.9. The van der Waals surface area contributed by atoms with Gasteiger partial charge >= 0.3 is 0 Å². The van der Waals surface area contributed by atoms with Crippen molar-refractivity contribution in [2.24, 2.45) is 22.5 Å². The molecule has 16 heavy (non-hydrogen) atoms. The van der Waals surface area contributed by atoms with Gasteiger partial charge in [0.1, 0.15) is 0 Å². The summed E-state index contributed by atoms with van der Waals surface area (Å²) in [4.78, 5) is 13.5. The lowest BCUT2D eigenvalue weighted by atomic mass is 9.98. The first-order valence-electron chi connectivity index (χ1n) is 4.72. The summed E-state index contributed by atoms with van der Waals surface area (Å²) in [6, 6.07) is 0. The minimum absolute atomic E-state index is 0. The number of unbranched alkanes of at least 4 members (excludes halogenated alkanes) is 1. The first kappa shape index (κ1) is 20.7. The maximum Gasteiger partial charge on any atom is 0.220 e. The average molecular weight is 272 g/mol. The van der Waals surface area contributed by atoms with Crippen LogP contribution >= 0.6 is 24.8 Å². The molecule has 0 radical (unpaired) electrons. The fourth-order valence-corrected chi connectivity index (χ4v) is 1.25. The van der Waals surface area contributed by atoms with Crippen LogP contribution in [0.2, 0.25) is 0 Å². The summed E-state index contributed by atoms with van der Waals surface area (Å²) in [5.41, 5.74) is 18.5. The summed E-state index contributed by atoms with van der Waals surface area (Å²) in [5, 5.41) is 3.40. The highest BCUT2D eigenvalue weighted by molar-refractivity contribution is 5.85. The van der Waals surface area contributed by atoms with Crippen LogP contribution in [-0.2, 0) is 4.79 Å². The number of amides is 1. The fraction of sp³-hybridized carbons (Fsp3) is 0.875. The molecule has 0 fully saturated rings. The summed E-state index contributed by atoms with van der Waals surface area (Å²) >= 11 is 0. The van der Waals surface area contributed by atoms with Crippen molar-refractivity contribution < 1.29 is 4.79 Å². The Morgan fingerprint density at radius 3 is 2.38 bits per heavy atom. The predicted molar refractivity (Wildman–Crippen MR) is 68.7 cm³/mol. The lowest BCUT2D eigenvalue weighted by Gasteiger charge is -2.10. The Bertz CT molecular complexity index is 220. The minimum atomic E-state index is -0.292. The Balaban J connectivity index is -0.000000845. The molecule has 0 aromatic heterocycles. The highest BCUT2D eigenvalue weighted by Crippen LogP contribution is 2.11. The number of nitrogens with zero attached hydrogens (tertiary/aromatic N) is 3. The molecular weight excluding hydrogens is 253 g/mol. The smallest absolute Gasteiger partial charge is 0.220 e. The molecule has 0 saturated heterocycles. The monoisotopic (exact) mass is 271 g/mol. The first-order valence-corrected chi connectivity index (χ1v) is 4.72. The van der Waals surface area contributed by atoms with Gasteiger partial charge in [0.15, 0.2) is 0 Å². The lowest BCUT2D eigenvalue weighted by molar-refractivity contribution is -0.122. The molecule has 1 unspecified atom stereocenters. The van der Waals surface area contributed by atoms with Crippen LogP contribution in [0.4, 0.5) is 0 Å². The molecule has 0 rings (SSSR count). The number of hydrogen-bond acceptors (Lipinski definition) is 3. The van der Waals surface area contributed by atoms with Crippen molar-refractivity contribution >= 4 is 30.7 Å². The molecule has 4 N–H and O–H groups in total. The van der Waals surface area contributed by atoms with Crippen LogP contribution in [0.25, 0.3) is 10.4 Å². The van der Waals surface area contributed by atoms with Crippen LogP contribution < -0.4 is 11.5 Å². The van der Waals surface area contributed by atoms with Gasteiger partial charge in [-0.3, -0.25) is 4.79 Å². The van der Waals surface area contributed by atoms with Gasteiger partial charge in [0.05, 0.1) is 0 Å². The third-order valence-electron chi connectivity index (χ3n) is 2.04. The lowest BCUT2D eigenvalue weighted by Crippen LogP contribution is -2.25. The largest absolute Gasteiger partial charge is 0.369 e. The molecule has 0 aromatic rings. The number of halogens is 2.